The highest BCUT2D eigenvalue weighted by molar-refractivity contribution is 5.78. The maximum Gasteiger partial charge on any atom is 0.224 e. The van der Waals surface area contributed by atoms with Gasteiger partial charge in [-0.25, -0.2) is 9.37 Å². The smallest absolute Gasteiger partial charge is 0.224 e. The van der Waals surface area contributed by atoms with E-state index >= 15 is 0 Å². The third kappa shape index (κ3) is 3.87. The number of rotatable bonds is 6. The number of carbonyl (C=O) groups is 1. The molecule has 25 heavy (non-hydrogen) atoms. The van der Waals surface area contributed by atoms with Crippen LogP contribution in [-0.2, 0) is 17.6 Å². The Hall–Kier alpha value is -2.69. The number of amides is 1. The summed E-state index contributed by atoms with van der Waals surface area (Å²) in [4.78, 5) is 16.7. The van der Waals surface area contributed by atoms with Gasteiger partial charge in [0.25, 0.3) is 0 Å². The lowest BCUT2D eigenvalue weighted by Gasteiger charge is -2.13. The molecular formula is C20H22FN3O. The molecule has 0 saturated carbocycles. The molecule has 0 radical (unpaired) electrons. The Labute approximate surface area is 146 Å². The van der Waals surface area contributed by atoms with Gasteiger partial charge in [-0.2, -0.15) is 0 Å². The third-order valence-corrected chi connectivity index (χ3v) is 4.16. The minimum absolute atomic E-state index is 0.0489. The van der Waals surface area contributed by atoms with E-state index in [2.05, 4.69) is 34.8 Å². The van der Waals surface area contributed by atoms with Crippen LogP contribution in [0.1, 0.15) is 31.3 Å². The van der Waals surface area contributed by atoms with Crippen molar-refractivity contribution in [2.75, 3.05) is 6.54 Å². The van der Waals surface area contributed by atoms with Crippen molar-refractivity contribution in [2.45, 2.75) is 32.7 Å². The molecule has 1 aromatic heterocycles. The molecule has 0 spiro atoms. The second-order valence-electron chi connectivity index (χ2n) is 6.35. The molecule has 1 amide bonds. The molecule has 3 rings (SSSR count). The van der Waals surface area contributed by atoms with Crippen LogP contribution in [0.15, 0.2) is 48.5 Å². The van der Waals surface area contributed by atoms with Crippen molar-refractivity contribution < 1.29 is 9.18 Å². The van der Waals surface area contributed by atoms with E-state index in [1.54, 1.807) is 18.2 Å². The predicted molar refractivity (Wildman–Crippen MR) is 96.9 cm³/mol. The first kappa shape index (κ1) is 17.1. The zero-order valence-corrected chi connectivity index (χ0v) is 14.5. The molecule has 0 aliphatic carbocycles. The van der Waals surface area contributed by atoms with Gasteiger partial charge in [0.2, 0.25) is 5.91 Å². The predicted octanol–water partition coefficient (Wildman–Crippen LogP) is 3.66. The van der Waals surface area contributed by atoms with Gasteiger partial charge in [0.05, 0.1) is 17.5 Å². The van der Waals surface area contributed by atoms with E-state index in [-0.39, 0.29) is 24.2 Å². The number of fused-ring (bicyclic) bond motifs is 1. The minimum atomic E-state index is -0.348. The molecule has 0 saturated heterocycles. The molecule has 1 heterocycles. The maximum absolute atomic E-state index is 13.6. The van der Waals surface area contributed by atoms with E-state index in [0.29, 0.717) is 18.5 Å². The molecule has 1 N–H and O–H groups in total. The Bertz CT molecular complexity index is 886. The summed E-state index contributed by atoms with van der Waals surface area (Å²) in [6.45, 7) is 4.71. The zero-order valence-electron chi connectivity index (χ0n) is 14.5. The Morgan fingerprint density at radius 2 is 1.88 bits per heavy atom. The number of carbonyl (C=O) groups excluding carboxylic acids is 1. The largest absolute Gasteiger partial charge is 0.355 e. The normalized spacial score (nSPS) is 11.2. The SMILES string of the molecule is CC(C)n1c(CCNC(=O)Cc2ccccc2F)nc2ccccc21. The molecule has 0 aliphatic rings. The summed E-state index contributed by atoms with van der Waals surface area (Å²) in [6, 6.07) is 14.7. The van der Waals surface area contributed by atoms with Gasteiger partial charge in [0.15, 0.2) is 0 Å². The topological polar surface area (TPSA) is 46.9 Å². The highest BCUT2D eigenvalue weighted by atomic mass is 19.1. The van der Waals surface area contributed by atoms with Crippen LogP contribution in [0.25, 0.3) is 11.0 Å². The second-order valence-corrected chi connectivity index (χ2v) is 6.35. The van der Waals surface area contributed by atoms with Crippen molar-refractivity contribution >= 4 is 16.9 Å². The Morgan fingerprint density at radius 1 is 1.16 bits per heavy atom. The van der Waals surface area contributed by atoms with E-state index in [4.69, 9.17) is 0 Å². The Morgan fingerprint density at radius 3 is 2.64 bits per heavy atom. The molecule has 0 fully saturated rings. The fraction of sp³-hybridized carbons (Fsp3) is 0.300. The minimum Gasteiger partial charge on any atom is -0.355 e. The lowest BCUT2D eigenvalue weighted by atomic mass is 10.1. The Kier molecular flexibility index (Phi) is 5.12. The number of nitrogens with zero attached hydrogens (tertiary/aromatic N) is 2. The van der Waals surface area contributed by atoms with Crippen molar-refractivity contribution in [3.05, 3.63) is 65.7 Å². The van der Waals surface area contributed by atoms with E-state index in [1.165, 1.54) is 6.07 Å². The molecule has 4 nitrogen and oxygen atoms in total. The van der Waals surface area contributed by atoms with Crippen LogP contribution in [0.3, 0.4) is 0 Å². The number of halogens is 1. The van der Waals surface area contributed by atoms with Gasteiger partial charge in [0, 0.05) is 19.0 Å². The van der Waals surface area contributed by atoms with Crippen LogP contribution in [0.2, 0.25) is 0 Å². The van der Waals surface area contributed by atoms with E-state index < -0.39 is 0 Å². The zero-order chi connectivity index (χ0) is 17.8. The molecule has 5 heteroatoms. The summed E-state index contributed by atoms with van der Waals surface area (Å²) in [5.41, 5.74) is 2.48. The lowest BCUT2D eigenvalue weighted by molar-refractivity contribution is -0.120. The summed E-state index contributed by atoms with van der Waals surface area (Å²) >= 11 is 0. The van der Waals surface area contributed by atoms with Gasteiger partial charge in [-0.05, 0) is 37.6 Å². The average molecular weight is 339 g/mol. The Balaban J connectivity index is 1.64. The highest BCUT2D eigenvalue weighted by Crippen LogP contribution is 2.21. The first-order valence-electron chi connectivity index (χ1n) is 8.52. The summed E-state index contributed by atoms with van der Waals surface area (Å²) in [6.07, 6.45) is 0.684. The summed E-state index contributed by atoms with van der Waals surface area (Å²) in [5.74, 6) is 0.416. The van der Waals surface area contributed by atoms with Gasteiger partial charge in [0.1, 0.15) is 11.6 Å². The molecule has 2 aromatic carbocycles. The maximum atomic E-state index is 13.6. The summed E-state index contributed by atoms with van der Waals surface area (Å²) < 4.78 is 15.8. The monoisotopic (exact) mass is 339 g/mol. The van der Waals surface area contributed by atoms with Crippen molar-refractivity contribution in [3.63, 3.8) is 0 Å². The van der Waals surface area contributed by atoms with Crippen LogP contribution in [0.5, 0.6) is 0 Å². The molecule has 3 aromatic rings. The molecular weight excluding hydrogens is 317 g/mol. The number of hydrogen-bond acceptors (Lipinski definition) is 2. The van der Waals surface area contributed by atoms with Crippen LogP contribution in [0, 0.1) is 5.82 Å². The number of aromatic nitrogens is 2. The van der Waals surface area contributed by atoms with Crippen LogP contribution in [-0.4, -0.2) is 22.0 Å². The number of hydrogen-bond donors (Lipinski definition) is 1. The molecule has 0 aliphatic heterocycles. The quantitative estimate of drug-likeness (QED) is 0.745. The molecule has 0 atom stereocenters. The number of para-hydroxylation sites is 2. The van der Waals surface area contributed by atoms with Crippen molar-refractivity contribution in [2.24, 2.45) is 0 Å². The average Bonchev–Trinajstić information content (AvgIpc) is 2.95. The fourth-order valence-corrected chi connectivity index (χ4v) is 3.04. The fourth-order valence-electron chi connectivity index (χ4n) is 3.04. The lowest BCUT2D eigenvalue weighted by Crippen LogP contribution is -2.28. The summed E-state index contributed by atoms with van der Waals surface area (Å²) in [7, 11) is 0. The molecule has 0 unspecified atom stereocenters. The number of nitrogens with one attached hydrogen (secondary N) is 1. The number of imidazole rings is 1. The van der Waals surface area contributed by atoms with Crippen molar-refractivity contribution in [1.82, 2.24) is 14.9 Å². The molecule has 130 valence electrons. The van der Waals surface area contributed by atoms with Gasteiger partial charge >= 0.3 is 0 Å². The van der Waals surface area contributed by atoms with Gasteiger partial charge in [-0.1, -0.05) is 30.3 Å². The molecule has 0 bridgehead atoms. The highest BCUT2D eigenvalue weighted by Gasteiger charge is 2.13. The van der Waals surface area contributed by atoms with Crippen LogP contribution >= 0.6 is 0 Å². The van der Waals surface area contributed by atoms with E-state index in [9.17, 15) is 9.18 Å². The van der Waals surface area contributed by atoms with E-state index in [1.807, 2.05) is 18.2 Å². The third-order valence-electron chi connectivity index (χ3n) is 4.16. The first-order valence-corrected chi connectivity index (χ1v) is 8.52. The van der Waals surface area contributed by atoms with E-state index in [0.717, 1.165) is 16.9 Å². The second kappa shape index (κ2) is 7.47. The van der Waals surface area contributed by atoms with Crippen molar-refractivity contribution in [3.8, 4) is 0 Å². The van der Waals surface area contributed by atoms with Gasteiger partial charge < -0.3 is 9.88 Å². The number of benzene rings is 2. The standard InChI is InChI=1S/C20H22FN3O/c1-14(2)24-18-10-6-5-9-17(18)23-19(24)11-12-22-20(25)13-15-7-3-4-8-16(15)21/h3-10,14H,11-13H2,1-2H3,(H,22,25). The van der Waals surface area contributed by atoms with Crippen LogP contribution in [0.4, 0.5) is 4.39 Å². The van der Waals surface area contributed by atoms with Gasteiger partial charge in [-0.3, -0.25) is 4.79 Å². The van der Waals surface area contributed by atoms with Crippen molar-refractivity contribution in [1.29, 1.82) is 0 Å². The van der Waals surface area contributed by atoms with Gasteiger partial charge in [-0.15, -0.1) is 0 Å². The first-order chi connectivity index (χ1) is 12.1. The summed E-state index contributed by atoms with van der Waals surface area (Å²) in [5, 5.41) is 2.86. The van der Waals surface area contributed by atoms with Crippen LogP contribution < -0.4 is 5.32 Å².